The van der Waals surface area contributed by atoms with Crippen LogP contribution in [0.2, 0.25) is 0 Å². The lowest BCUT2D eigenvalue weighted by atomic mass is 10.2. The van der Waals surface area contributed by atoms with E-state index in [4.69, 9.17) is 5.11 Å². The van der Waals surface area contributed by atoms with E-state index in [1.165, 1.54) is 31.8 Å². The molecule has 0 atom stereocenters. The molecule has 18 heavy (non-hydrogen) atoms. The van der Waals surface area contributed by atoms with Gasteiger partial charge in [0, 0.05) is 0 Å². The fraction of sp³-hybridized carbons (Fsp3) is 0.647. The number of unbranched alkanes of at least 4 members (excludes halogenated alkanes) is 3. The Labute approximate surface area is 116 Å². The van der Waals surface area contributed by atoms with Crippen molar-refractivity contribution < 1.29 is 5.11 Å². The first kappa shape index (κ1) is 25.8. The van der Waals surface area contributed by atoms with Crippen LogP contribution in [-0.4, -0.2) is 5.11 Å². The Bertz CT molecular complexity index is 158. The van der Waals surface area contributed by atoms with Crippen LogP contribution in [0.15, 0.2) is 36.6 Å². The Kier molecular flexibility index (Phi) is 42.6. The summed E-state index contributed by atoms with van der Waals surface area (Å²) in [5, 5.41) is 8.48. The lowest BCUT2D eigenvalue weighted by Gasteiger charge is -1.86. The molecule has 0 saturated heterocycles. The third-order valence-electron chi connectivity index (χ3n) is 1.52. The largest absolute Gasteiger partial charge is 0.509 e. The van der Waals surface area contributed by atoms with Crippen LogP contribution in [0, 0.1) is 0 Å². The third-order valence-corrected chi connectivity index (χ3v) is 1.52. The Balaban J connectivity index is -0.0000000869. The van der Waals surface area contributed by atoms with Crippen LogP contribution < -0.4 is 0 Å². The van der Waals surface area contributed by atoms with Crippen LogP contribution in [0.25, 0.3) is 0 Å². The van der Waals surface area contributed by atoms with E-state index in [2.05, 4.69) is 27.0 Å². The van der Waals surface area contributed by atoms with Crippen molar-refractivity contribution in [2.24, 2.45) is 0 Å². The van der Waals surface area contributed by atoms with E-state index in [0.717, 1.165) is 5.57 Å². The second kappa shape index (κ2) is 29.8. The molecule has 0 aromatic rings. The molecule has 0 bridgehead atoms. The molecule has 0 aliphatic rings. The predicted octanol–water partition coefficient (Wildman–Crippen LogP) is 6.83. The molecule has 0 radical (unpaired) electrons. The minimum Gasteiger partial charge on any atom is -0.509 e. The fourth-order valence-corrected chi connectivity index (χ4v) is 0.738. The molecule has 0 spiro atoms. The number of hydrogen-bond acceptors (Lipinski definition) is 1. The lowest BCUT2D eigenvalue weighted by Crippen LogP contribution is -1.67. The molecule has 1 nitrogen and oxygen atoms in total. The fourth-order valence-electron chi connectivity index (χ4n) is 0.738. The standard InChI is InChI=1S/C7H10O.C6H14.2C2H6/c1-6(2)4-5-7(3)8;1-3-5-6-4-2;2*1-2/h4-5,8H,1,3H2,2H3;3-6H2,1-2H3;2*1-2H3/b5-4-;;;. The van der Waals surface area contributed by atoms with Crippen molar-refractivity contribution in [2.75, 3.05) is 0 Å². The van der Waals surface area contributed by atoms with Crippen LogP contribution in [0.1, 0.15) is 74.1 Å². The van der Waals surface area contributed by atoms with Crippen molar-refractivity contribution >= 4 is 0 Å². The van der Waals surface area contributed by atoms with Crippen molar-refractivity contribution in [1.82, 2.24) is 0 Å². The average Bonchev–Trinajstić information content (AvgIpc) is 2.39. The maximum Gasteiger partial charge on any atom is 0.108 e. The summed E-state index contributed by atoms with van der Waals surface area (Å²) in [7, 11) is 0. The van der Waals surface area contributed by atoms with Crippen molar-refractivity contribution in [3.8, 4) is 0 Å². The van der Waals surface area contributed by atoms with E-state index in [0.29, 0.717) is 0 Å². The van der Waals surface area contributed by atoms with Gasteiger partial charge in [-0.25, -0.2) is 0 Å². The maximum atomic E-state index is 8.48. The zero-order valence-electron chi connectivity index (χ0n) is 13.8. The molecule has 0 saturated carbocycles. The summed E-state index contributed by atoms with van der Waals surface area (Å²) in [6, 6.07) is 0. The van der Waals surface area contributed by atoms with Gasteiger partial charge in [0.2, 0.25) is 0 Å². The highest BCUT2D eigenvalue weighted by Gasteiger charge is 1.75. The van der Waals surface area contributed by atoms with E-state index in [1.807, 2.05) is 34.6 Å². The summed E-state index contributed by atoms with van der Waals surface area (Å²) in [6.07, 6.45) is 8.74. The quantitative estimate of drug-likeness (QED) is 0.325. The van der Waals surface area contributed by atoms with Gasteiger partial charge in [0.1, 0.15) is 5.76 Å². The molecule has 0 aromatic carbocycles. The zero-order chi connectivity index (χ0) is 15.4. The number of aliphatic hydroxyl groups excluding tert-OH is 1. The SMILES string of the molecule is C=C(C)/C=C\C(=C)O.CC.CC.CCCCCC. The summed E-state index contributed by atoms with van der Waals surface area (Å²) >= 11 is 0. The highest BCUT2D eigenvalue weighted by atomic mass is 16.3. The van der Waals surface area contributed by atoms with Crippen molar-refractivity contribution in [2.45, 2.75) is 74.1 Å². The molecule has 0 rings (SSSR count). The second-order valence-electron chi connectivity index (χ2n) is 3.38. The molecule has 0 heterocycles. The molecule has 0 aromatic heterocycles. The molecule has 0 aliphatic carbocycles. The average molecular weight is 256 g/mol. The first-order chi connectivity index (χ1) is 8.54. The molecular formula is C17H36O. The summed E-state index contributed by atoms with van der Waals surface area (Å²) in [4.78, 5) is 0. The first-order valence-electron chi connectivity index (χ1n) is 7.26. The molecule has 110 valence electrons. The predicted molar refractivity (Wildman–Crippen MR) is 88.2 cm³/mol. The number of hydrogen-bond donors (Lipinski definition) is 1. The van der Waals surface area contributed by atoms with Gasteiger partial charge in [0.25, 0.3) is 0 Å². The van der Waals surface area contributed by atoms with Gasteiger partial charge < -0.3 is 5.11 Å². The van der Waals surface area contributed by atoms with Gasteiger partial charge in [0.15, 0.2) is 0 Å². The van der Waals surface area contributed by atoms with Crippen LogP contribution in [0.4, 0.5) is 0 Å². The van der Waals surface area contributed by atoms with Gasteiger partial charge >= 0.3 is 0 Å². The van der Waals surface area contributed by atoms with Gasteiger partial charge in [-0.2, -0.15) is 0 Å². The molecule has 1 heteroatoms. The van der Waals surface area contributed by atoms with Gasteiger partial charge in [-0.15, -0.1) is 0 Å². The Morgan fingerprint density at radius 2 is 1.22 bits per heavy atom. The monoisotopic (exact) mass is 256 g/mol. The molecule has 0 unspecified atom stereocenters. The topological polar surface area (TPSA) is 20.2 Å². The van der Waals surface area contributed by atoms with E-state index in [1.54, 1.807) is 6.08 Å². The second-order valence-corrected chi connectivity index (χ2v) is 3.38. The van der Waals surface area contributed by atoms with Crippen molar-refractivity contribution in [1.29, 1.82) is 0 Å². The highest BCUT2D eigenvalue weighted by molar-refractivity contribution is 5.18. The van der Waals surface area contributed by atoms with E-state index in [-0.39, 0.29) is 5.76 Å². The molecule has 1 N–H and O–H groups in total. The van der Waals surface area contributed by atoms with Crippen molar-refractivity contribution in [3.05, 3.63) is 36.6 Å². The van der Waals surface area contributed by atoms with Crippen LogP contribution in [-0.2, 0) is 0 Å². The lowest BCUT2D eigenvalue weighted by molar-refractivity contribution is 0.435. The Morgan fingerprint density at radius 3 is 1.33 bits per heavy atom. The summed E-state index contributed by atoms with van der Waals surface area (Å²) in [6.45, 7) is 21.2. The van der Waals surface area contributed by atoms with Crippen LogP contribution in [0.3, 0.4) is 0 Å². The maximum absolute atomic E-state index is 8.48. The molecule has 0 amide bonds. The van der Waals surface area contributed by atoms with E-state index in [9.17, 15) is 0 Å². The van der Waals surface area contributed by atoms with E-state index >= 15 is 0 Å². The highest BCUT2D eigenvalue weighted by Crippen LogP contribution is 1.95. The number of allylic oxidation sites excluding steroid dienone is 3. The van der Waals surface area contributed by atoms with E-state index < -0.39 is 0 Å². The minimum atomic E-state index is 0.0630. The van der Waals surface area contributed by atoms with Gasteiger partial charge in [-0.05, 0) is 13.0 Å². The number of rotatable bonds is 5. The van der Waals surface area contributed by atoms with Gasteiger partial charge in [-0.1, -0.05) is 92.0 Å². The van der Waals surface area contributed by atoms with Crippen LogP contribution >= 0.6 is 0 Å². The Hall–Kier alpha value is -0.980. The summed E-state index contributed by atoms with van der Waals surface area (Å²) in [5.74, 6) is 0.0630. The smallest absolute Gasteiger partial charge is 0.108 e. The van der Waals surface area contributed by atoms with Crippen LogP contribution in [0.5, 0.6) is 0 Å². The van der Waals surface area contributed by atoms with Gasteiger partial charge in [0.05, 0.1) is 0 Å². The molecular weight excluding hydrogens is 220 g/mol. The minimum absolute atomic E-state index is 0.0630. The molecule has 0 aliphatic heterocycles. The zero-order valence-corrected chi connectivity index (χ0v) is 13.8. The first-order valence-corrected chi connectivity index (χ1v) is 7.26. The number of aliphatic hydroxyl groups is 1. The van der Waals surface area contributed by atoms with Gasteiger partial charge in [-0.3, -0.25) is 0 Å². The molecule has 0 fully saturated rings. The normalized spacial score (nSPS) is 7.94. The third kappa shape index (κ3) is 59.9. The Morgan fingerprint density at radius 1 is 0.889 bits per heavy atom. The summed E-state index contributed by atoms with van der Waals surface area (Å²) < 4.78 is 0. The summed E-state index contributed by atoms with van der Waals surface area (Å²) in [5.41, 5.74) is 0.903. The van der Waals surface area contributed by atoms with Crippen molar-refractivity contribution in [3.63, 3.8) is 0 Å².